The smallest absolute Gasteiger partial charge is 0.264 e. The fourth-order valence-electron chi connectivity index (χ4n) is 3.67. The molecule has 0 fully saturated rings. The van der Waals surface area contributed by atoms with Gasteiger partial charge in [0.25, 0.3) is 11.8 Å². The summed E-state index contributed by atoms with van der Waals surface area (Å²) in [5.41, 5.74) is -1.50. The van der Waals surface area contributed by atoms with E-state index in [-0.39, 0.29) is 55.7 Å². The largest absolute Gasteiger partial charge is 0.396 e. The van der Waals surface area contributed by atoms with Crippen LogP contribution in [0.2, 0.25) is 0 Å². The molecule has 2 N–H and O–H groups in total. The van der Waals surface area contributed by atoms with Crippen molar-refractivity contribution in [2.45, 2.75) is 64.5 Å². The Kier molecular flexibility index (Phi) is 8.48. The molecule has 0 spiro atoms. The normalized spacial score (nSPS) is 16.9. The molecule has 2 unspecified atom stereocenters. The summed E-state index contributed by atoms with van der Waals surface area (Å²) in [6.45, 7) is 7.62. The molecule has 1 aromatic rings. The van der Waals surface area contributed by atoms with Gasteiger partial charge in [-0.05, 0) is 46.2 Å². The van der Waals surface area contributed by atoms with Crippen LogP contribution in [0.25, 0.3) is 0 Å². The number of hydrogen-bond donors (Lipinski definition) is 2. The zero-order valence-electron chi connectivity index (χ0n) is 17.9. The third-order valence-electron chi connectivity index (χ3n) is 4.82. The number of nitriles is 1. The molecule has 2 atom stereocenters. The van der Waals surface area contributed by atoms with Crippen molar-refractivity contribution in [1.29, 1.82) is 5.26 Å². The molecule has 9 heteroatoms. The number of carbonyl (C=O) groups is 2. The van der Waals surface area contributed by atoms with Crippen LogP contribution in [-0.4, -0.2) is 62.4 Å². The van der Waals surface area contributed by atoms with Gasteiger partial charge in [-0.3, -0.25) is 14.3 Å². The lowest BCUT2D eigenvalue weighted by atomic mass is 10.1. The monoisotopic (exact) mass is 435 g/mol. The van der Waals surface area contributed by atoms with Gasteiger partial charge in [-0.25, -0.2) is 4.90 Å². The van der Waals surface area contributed by atoms with Crippen molar-refractivity contribution in [2.75, 3.05) is 13.2 Å². The summed E-state index contributed by atoms with van der Waals surface area (Å²) in [5, 5.41) is 30.3. The highest BCUT2D eigenvalue weighted by Crippen LogP contribution is 2.59. The average molecular weight is 435 g/mol. The number of fused-ring (bicyclic) bond motifs is 1. The number of aliphatic hydroxyl groups is 2. The zero-order valence-corrected chi connectivity index (χ0v) is 18.8. The van der Waals surface area contributed by atoms with Gasteiger partial charge in [-0.2, -0.15) is 5.26 Å². The quantitative estimate of drug-likeness (QED) is 0.312. The molecule has 1 heterocycles. The third-order valence-corrected chi connectivity index (χ3v) is 7.63. The molecular formula is C21H30N3O5P. The van der Waals surface area contributed by atoms with Gasteiger partial charge in [0.15, 0.2) is 8.30 Å². The van der Waals surface area contributed by atoms with Crippen molar-refractivity contribution in [2.24, 2.45) is 0 Å². The second-order valence-corrected chi connectivity index (χ2v) is 9.66. The molecule has 0 aliphatic carbocycles. The molecule has 164 valence electrons. The first-order chi connectivity index (χ1) is 14.2. The van der Waals surface area contributed by atoms with E-state index in [1.54, 1.807) is 24.3 Å². The molecule has 2 rings (SSSR count). The van der Waals surface area contributed by atoms with Crippen molar-refractivity contribution in [3.8, 4) is 6.07 Å². The number of amides is 2. The van der Waals surface area contributed by atoms with Gasteiger partial charge in [0, 0.05) is 25.1 Å². The van der Waals surface area contributed by atoms with Crippen LogP contribution in [0, 0.1) is 11.3 Å². The van der Waals surface area contributed by atoms with Crippen LogP contribution in [0.3, 0.4) is 0 Å². The first-order valence-electron chi connectivity index (χ1n) is 10.1. The number of rotatable bonds is 11. The van der Waals surface area contributed by atoms with E-state index in [2.05, 4.69) is 0 Å². The molecule has 30 heavy (non-hydrogen) atoms. The average Bonchev–Trinajstić information content (AvgIpc) is 2.96. The summed E-state index contributed by atoms with van der Waals surface area (Å²) >= 11 is 0. The Morgan fingerprint density at radius 2 is 1.70 bits per heavy atom. The maximum atomic E-state index is 13.2. The van der Waals surface area contributed by atoms with E-state index in [4.69, 9.17) is 9.79 Å². The van der Waals surface area contributed by atoms with Crippen molar-refractivity contribution < 1.29 is 24.3 Å². The van der Waals surface area contributed by atoms with Crippen molar-refractivity contribution in [3.63, 3.8) is 0 Å². The Morgan fingerprint density at radius 3 is 2.13 bits per heavy atom. The van der Waals surface area contributed by atoms with Crippen LogP contribution in [0.4, 0.5) is 0 Å². The maximum absolute atomic E-state index is 13.2. The predicted molar refractivity (Wildman–Crippen MR) is 113 cm³/mol. The van der Waals surface area contributed by atoms with Crippen LogP contribution in [0.15, 0.2) is 24.3 Å². The van der Waals surface area contributed by atoms with Crippen molar-refractivity contribution in [1.82, 2.24) is 9.57 Å². The summed E-state index contributed by atoms with van der Waals surface area (Å²) in [5.74, 6) is -1.17. The van der Waals surface area contributed by atoms with Crippen LogP contribution in [-0.2, 0) is 4.52 Å². The van der Waals surface area contributed by atoms with Crippen molar-refractivity contribution >= 4 is 20.1 Å². The standard InChI is InChI=1S/C21H30N3O5P/c1-15(2)24(16(3)4)30(29-14-8-12-22)21(28,11-7-13-25)23-19(26)17-9-5-6-10-18(17)20(23)27/h5-6,9-10,15-16,25,28H,7-8,11,13-14H2,1-4H3. The maximum Gasteiger partial charge on any atom is 0.264 e. The molecular weight excluding hydrogens is 405 g/mol. The lowest BCUT2D eigenvalue weighted by molar-refractivity contribution is -0.0291. The van der Waals surface area contributed by atoms with Gasteiger partial charge in [0.05, 0.1) is 30.2 Å². The fourth-order valence-corrected chi connectivity index (χ4v) is 6.19. The van der Waals surface area contributed by atoms with Gasteiger partial charge in [0.1, 0.15) is 0 Å². The SMILES string of the molecule is CC(C)N(C(C)C)P(OCCC#N)C(O)(CCCO)N1C(=O)c2ccccc2C1=O. The number of hydrogen-bond acceptors (Lipinski definition) is 7. The van der Waals surface area contributed by atoms with E-state index >= 15 is 0 Å². The molecule has 0 aromatic heterocycles. The fraction of sp³-hybridized carbons (Fsp3) is 0.571. The van der Waals surface area contributed by atoms with Crippen LogP contribution < -0.4 is 0 Å². The van der Waals surface area contributed by atoms with E-state index in [9.17, 15) is 19.8 Å². The first-order valence-corrected chi connectivity index (χ1v) is 11.3. The van der Waals surface area contributed by atoms with Crippen LogP contribution in [0.1, 0.15) is 67.7 Å². The molecule has 0 saturated carbocycles. The van der Waals surface area contributed by atoms with Crippen LogP contribution >= 0.6 is 8.30 Å². The van der Waals surface area contributed by atoms with Crippen molar-refractivity contribution in [3.05, 3.63) is 35.4 Å². The Labute approximate surface area is 178 Å². The highest BCUT2D eigenvalue weighted by molar-refractivity contribution is 7.51. The van der Waals surface area contributed by atoms with Gasteiger partial charge in [0.2, 0.25) is 5.47 Å². The summed E-state index contributed by atoms with van der Waals surface area (Å²) in [7, 11) is -1.93. The van der Waals surface area contributed by atoms with Gasteiger partial charge < -0.3 is 14.7 Å². The van der Waals surface area contributed by atoms with E-state index < -0.39 is 25.6 Å². The molecule has 1 aliphatic rings. The number of aliphatic hydroxyl groups excluding tert-OH is 1. The lowest BCUT2D eigenvalue weighted by Gasteiger charge is -2.48. The predicted octanol–water partition coefficient (Wildman–Crippen LogP) is 3.06. The second-order valence-electron chi connectivity index (χ2n) is 7.67. The summed E-state index contributed by atoms with van der Waals surface area (Å²) in [6.07, 6.45) is 0.249. The van der Waals surface area contributed by atoms with Gasteiger partial charge >= 0.3 is 0 Å². The molecule has 2 amide bonds. The molecule has 0 saturated heterocycles. The molecule has 1 aliphatic heterocycles. The van der Waals surface area contributed by atoms with Crippen LogP contribution in [0.5, 0.6) is 0 Å². The van der Waals surface area contributed by atoms with E-state index in [1.807, 2.05) is 38.4 Å². The Bertz CT molecular complexity index is 767. The highest BCUT2D eigenvalue weighted by atomic mass is 31.2. The van der Waals surface area contributed by atoms with Gasteiger partial charge in [-0.15, -0.1) is 0 Å². The summed E-state index contributed by atoms with van der Waals surface area (Å²) < 4.78 is 7.97. The molecule has 8 nitrogen and oxygen atoms in total. The topological polar surface area (TPSA) is 114 Å². The minimum Gasteiger partial charge on any atom is -0.396 e. The minimum absolute atomic E-state index is 0.0385. The lowest BCUT2D eigenvalue weighted by Crippen LogP contribution is -2.54. The second kappa shape index (κ2) is 10.4. The summed E-state index contributed by atoms with van der Waals surface area (Å²) in [4.78, 5) is 27.3. The molecule has 1 aromatic carbocycles. The number of nitrogens with zero attached hydrogens (tertiary/aromatic N) is 3. The first kappa shape index (κ1) is 24.4. The Balaban J connectivity index is 2.58. The molecule has 0 bridgehead atoms. The number of carbonyl (C=O) groups excluding carboxylic acids is 2. The van der Waals surface area contributed by atoms with Gasteiger partial charge in [-0.1, -0.05) is 12.1 Å². The summed E-state index contributed by atoms with van der Waals surface area (Å²) in [6, 6.07) is 8.35. The minimum atomic E-state index is -1.96. The Morgan fingerprint density at radius 1 is 1.17 bits per heavy atom. The molecule has 0 radical (unpaired) electrons. The third kappa shape index (κ3) is 4.72. The number of imide groups is 1. The number of benzene rings is 1. The zero-order chi connectivity index (χ0) is 22.5. The van der Waals surface area contributed by atoms with E-state index in [1.165, 1.54) is 0 Å². The van der Waals surface area contributed by atoms with E-state index in [0.29, 0.717) is 0 Å². The highest BCUT2D eigenvalue weighted by Gasteiger charge is 2.55. The van der Waals surface area contributed by atoms with E-state index in [0.717, 1.165) is 4.90 Å². The Hall–Kier alpha value is -1.88.